The van der Waals surface area contributed by atoms with Gasteiger partial charge < -0.3 is 15.5 Å². The van der Waals surface area contributed by atoms with Crippen molar-refractivity contribution in [2.45, 2.75) is 44.7 Å². The predicted molar refractivity (Wildman–Crippen MR) is 117 cm³/mol. The summed E-state index contributed by atoms with van der Waals surface area (Å²) < 4.78 is 0. The van der Waals surface area contributed by atoms with Gasteiger partial charge in [-0.05, 0) is 56.9 Å². The van der Waals surface area contributed by atoms with Crippen LogP contribution in [0.2, 0.25) is 5.02 Å². The highest BCUT2D eigenvalue weighted by Crippen LogP contribution is 2.23. The van der Waals surface area contributed by atoms with Crippen LogP contribution in [0.3, 0.4) is 0 Å². The Bertz CT molecular complexity index is 790. The summed E-state index contributed by atoms with van der Waals surface area (Å²) in [5.74, 6) is 2.48. The first-order valence-corrected chi connectivity index (χ1v) is 9.64. The number of rotatable bonds is 5. The number of aromatic nitrogens is 2. The Morgan fingerprint density at radius 3 is 2.29 bits per heavy atom. The Morgan fingerprint density at radius 1 is 1.07 bits per heavy atom. The molecule has 0 atom stereocenters. The number of amides is 1. The molecule has 0 bridgehead atoms. The first-order chi connectivity index (χ1) is 12.9. The summed E-state index contributed by atoms with van der Waals surface area (Å²) in [6.45, 7) is 1.90. The lowest BCUT2D eigenvalue weighted by molar-refractivity contribution is 0.0926. The first kappa shape index (κ1) is 22.2. The molecule has 0 saturated heterocycles. The van der Waals surface area contributed by atoms with E-state index in [-0.39, 0.29) is 24.4 Å². The van der Waals surface area contributed by atoms with Gasteiger partial charge in [0.2, 0.25) is 0 Å². The van der Waals surface area contributed by atoms with Crippen LogP contribution in [0, 0.1) is 6.92 Å². The summed E-state index contributed by atoms with van der Waals surface area (Å²) >= 11 is 5.88. The molecule has 2 aromatic rings. The lowest BCUT2D eigenvalue weighted by atomic mass is 9.91. The molecular formula is C20H27Cl2N5O. The van der Waals surface area contributed by atoms with E-state index in [2.05, 4.69) is 20.6 Å². The molecule has 1 aliphatic rings. The Balaban J connectivity index is 0.00000280. The molecule has 1 heterocycles. The van der Waals surface area contributed by atoms with Gasteiger partial charge in [-0.2, -0.15) is 0 Å². The van der Waals surface area contributed by atoms with Crippen LogP contribution in [0.25, 0.3) is 0 Å². The van der Waals surface area contributed by atoms with Crippen molar-refractivity contribution < 1.29 is 4.79 Å². The van der Waals surface area contributed by atoms with Crippen molar-refractivity contribution in [1.29, 1.82) is 0 Å². The first-order valence-electron chi connectivity index (χ1n) is 9.26. The van der Waals surface area contributed by atoms with Crippen LogP contribution in [-0.4, -0.2) is 42.1 Å². The van der Waals surface area contributed by atoms with E-state index in [0.717, 1.165) is 43.1 Å². The number of benzene rings is 1. The van der Waals surface area contributed by atoms with E-state index in [1.807, 2.05) is 32.0 Å². The van der Waals surface area contributed by atoms with Gasteiger partial charge in [-0.1, -0.05) is 11.6 Å². The third-order valence-electron chi connectivity index (χ3n) is 4.80. The minimum absolute atomic E-state index is 0. The highest BCUT2D eigenvalue weighted by atomic mass is 35.5. The SMILES string of the molecule is Cc1nc(N[C@H]2CC[C@@H](NC(=O)c3ccc(Cl)cc3)CC2)cc(N(C)C)n1.Cl. The number of carbonyl (C=O) groups excluding carboxylic acids is 1. The van der Waals surface area contributed by atoms with Crippen LogP contribution in [-0.2, 0) is 0 Å². The van der Waals surface area contributed by atoms with E-state index in [0.29, 0.717) is 16.6 Å². The van der Waals surface area contributed by atoms with Gasteiger partial charge in [0, 0.05) is 42.8 Å². The molecule has 0 spiro atoms. The fraction of sp³-hybridized carbons (Fsp3) is 0.450. The number of carbonyl (C=O) groups is 1. The highest BCUT2D eigenvalue weighted by molar-refractivity contribution is 6.30. The molecule has 28 heavy (non-hydrogen) atoms. The second kappa shape index (κ2) is 9.94. The molecule has 0 unspecified atom stereocenters. The monoisotopic (exact) mass is 423 g/mol. The Labute approximate surface area is 177 Å². The molecule has 1 aromatic heterocycles. The normalized spacial score (nSPS) is 18.7. The quantitative estimate of drug-likeness (QED) is 0.757. The van der Waals surface area contributed by atoms with Gasteiger partial charge in [-0.3, -0.25) is 4.79 Å². The topological polar surface area (TPSA) is 70.2 Å². The van der Waals surface area contributed by atoms with Crippen molar-refractivity contribution in [2.75, 3.05) is 24.3 Å². The highest BCUT2D eigenvalue weighted by Gasteiger charge is 2.23. The number of halogens is 2. The maximum atomic E-state index is 12.3. The van der Waals surface area contributed by atoms with Gasteiger partial charge >= 0.3 is 0 Å². The van der Waals surface area contributed by atoms with E-state index in [4.69, 9.17) is 11.6 Å². The molecular weight excluding hydrogens is 397 g/mol. The van der Waals surface area contributed by atoms with Gasteiger partial charge in [-0.15, -0.1) is 12.4 Å². The molecule has 6 nitrogen and oxygen atoms in total. The zero-order valence-corrected chi connectivity index (χ0v) is 18.0. The molecule has 2 N–H and O–H groups in total. The van der Waals surface area contributed by atoms with Crippen LogP contribution in [0.1, 0.15) is 41.9 Å². The molecule has 8 heteroatoms. The van der Waals surface area contributed by atoms with Crippen molar-refractivity contribution in [3.63, 3.8) is 0 Å². The number of hydrogen-bond acceptors (Lipinski definition) is 5. The molecule has 1 aromatic carbocycles. The number of hydrogen-bond donors (Lipinski definition) is 2. The summed E-state index contributed by atoms with van der Waals surface area (Å²) in [5.41, 5.74) is 0.646. The number of anilines is 2. The summed E-state index contributed by atoms with van der Waals surface area (Å²) in [5, 5.41) is 7.29. The van der Waals surface area contributed by atoms with E-state index in [9.17, 15) is 4.79 Å². The van der Waals surface area contributed by atoms with E-state index < -0.39 is 0 Å². The van der Waals surface area contributed by atoms with Crippen LogP contribution >= 0.6 is 24.0 Å². The molecule has 1 aliphatic carbocycles. The zero-order valence-electron chi connectivity index (χ0n) is 16.4. The van der Waals surface area contributed by atoms with Crippen molar-refractivity contribution in [3.8, 4) is 0 Å². The number of nitrogens with zero attached hydrogens (tertiary/aromatic N) is 3. The van der Waals surface area contributed by atoms with Crippen LogP contribution in [0.5, 0.6) is 0 Å². The minimum atomic E-state index is -0.0369. The second-order valence-corrected chi connectivity index (χ2v) is 7.66. The average Bonchev–Trinajstić information content (AvgIpc) is 2.63. The summed E-state index contributed by atoms with van der Waals surface area (Å²) in [4.78, 5) is 23.2. The van der Waals surface area contributed by atoms with E-state index in [1.165, 1.54) is 0 Å². The van der Waals surface area contributed by atoms with Crippen molar-refractivity contribution in [2.24, 2.45) is 0 Å². The van der Waals surface area contributed by atoms with Gasteiger partial charge in [0.05, 0.1) is 0 Å². The van der Waals surface area contributed by atoms with Crippen molar-refractivity contribution in [1.82, 2.24) is 15.3 Å². The number of nitrogens with one attached hydrogen (secondary N) is 2. The molecule has 0 aliphatic heterocycles. The average molecular weight is 424 g/mol. The largest absolute Gasteiger partial charge is 0.367 e. The van der Waals surface area contributed by atoms with E-state index in [1.54, 1.807) is 24.3 Å². The molecule has 3 rings (SSSR count). The molecule has 0 radical (unpaired) electrons. The Hall–Kier alpha value is -2.05. The molecule has 1 saturated carbocycles. The maximum Gasteiger partial charge on any atom is 0.251 e. The lowest BCUT2D eigenvalue weighted by Gasteiger charge is -2.30. The third-order valence-corrected chi connectivity index (χ3v) is 5.06. The summed E-state index contributed by atoms with van der Waals surface area (Å²) in [7, 11) is 3.94. The molecule has 1 fully saturated rings. The summed E-state index contributed by atoms with van der Waals surface area (Å²) in [6.07, 6.45) is 3.88. The van der Waals surface area contributed by atoms with E-state index >= 15 is 0 Å². The van der Waals surface area contributed by atoms with Gasteiger partial charge in [0.25, 0.3) is 5.91 Å². The van der Waals surface area contributed by atoms with Crippen LogP contribution in [0.15, 0.2) is 30.3 Å². The Morgan fingerprint density at radius 2 is 1.68 bits per heavy atom. The fourth-order valence-electron chi connectivity index (χ4n) is 3.32. The minimum Gasteiger partial charge on any atom is -0.367 e. The van der Waals surface area contributed by atoms with Gasteiger partial charge in [0.15, 0.2) is 0 Å². The fourth-order valence-corrected chi connectivity index (χ4v) is 3.44. The van der Waals surface area contributed by atoms with Crippen LogP contribution < -0.4 is 15.5 Å². The lowest BCUT2D eigenvalue weighted by Crippen LogP contribution is -2.40. The van der Waals surface area contributed by atoms with Gasteiger partial charge in [-0.25, -0.2) is 9.97 Å². The molecule has 1 amide bonds. The standard InChI is InChI=1S/C20H26ClN5O.ClH/c1-13-22-18(12-19(23-13)26(2)3)24-16-8-10-17(11-9-16)25-20(27)14-4-6-15(21)7-5-14;/h4-7,12,16-17H,8-11H2,1-3H3,(H,25,27)(H,22,23,24);1H/t16-,17+;. The van der Waals surface area contributed by atoms with Crippen molar-refractivity contribution in [3.05, 3.63) is 46.7 Å². The van der Waals surface area contributed by atoms with Crippen LogP contribution in [0.4, 0.5) is 11.6 Å². The van der Waals surface area contributed by atoms with Crippen molar-refractivity contribution >= 4 is 41.6 Å². The second-order valence-electron chi connectivity index (χ2n) is 7.23. The third kappa shape index (κ3) is 5.97. The zero-order chi connectivity index (χ0) is 19.4. The Kier molecular flexibility index (Phi) is 7.89. The number of aryl methyl sites for hydroxylation is 1. The maximum absolute atomic E-state index is 12.3. The molecule has 152 valence electrons. The smallest absolute Gasteiger partial charge is 0.251 e. The predicted octanol–water partition coefficient (Wildman–Crippen LogP) is 4.08. The summed E-state index contributed by atoms with van der Waals surface area (Å²) in [6, 6.07) is 9.52. The van der Waals surface area contributed by atoms with Gasteiger partial charge in [0.1, 0.15) is 17.5 Å².